The Kier molecular flexibility index (Phi) is 5.41. The molecular formula is C22H16F3N3OS. The number of aromatic nitrogens is 2. The van der Waals surface area contributed by atoms with Gasteiger partial charge in [-0.15, -0.1) is 11.3 Å². The summed E-state index contributed by atoms with van der Waals surface area (Å²) in [5, 5.41) is 4.76. The van der Waals surface area contributed by atoms with Gasteiger partial charge in [0.1, 0.15) is 5.69 Å². The second kappa shape index (κ2) is 8.16. The number of thiophene rings is 1. The van der Waals surface area contributed by atoms with Crippen LogP contribution in [0.2, 0.25) is 0 Å². The number of alkyl halides is 3. The fourth-order valence-corrected chi connectivity index (χ4v) is 3.79. The molecule has 0 atom stereocenters. The molecule has 4 aromatic rings. The highest BCUT2D eigenvalue weighted by Crippen LogP contribution is 2.37. The van der Waals surface area contributed by atoms with Crippen molar-refractivity contribution in [3.63, 3.8) is 0 Å². The van der Waals surface area contributed by atoms with Gasteiger partial charge in [0.05, 0.1) is 24.6 Å². The predicted octanol–water partition coefficient (Wildman–Crippen LogP) is 5.55. The number of amides is 1. The van der Waals surface area contributed by atoms with E-state index in [2.05, 4.69) is 10.3 Å². The van der Waals surface area contributed by atoms with Crippen molar-refractivity contribution in [3.05, 3.63) is 94.7 Å². The molecule has 4 nitrogen and oxygen atoms in total. The first-order valence-corrected chi connectivity index (χ1v) is 9.91. The number of carbonyl (C=O) groups is 1. The standard InChI is InChI=1S/C22H16F3N3OS/c23-22(24,25)19-9-2-1-8-18(19)15-5-3-6-16(11-15)28-14-26-13-20(28)21(29)27-12-17-7-4-10-30-17/h1-11,13-14H,12H2,(H,27,29). The van der Waals surface area contributed by atoms with Crippen LogP contribution in [0.4, 0.5) is 13.2 Å². The minimum Gasteiger partial charge on any atom is -0.346 e. The molecule has 0 unspecified atom stereocenters. The number of halogens is 3. The minimum absolute atomic E-state index is 0.0793. The van der Waals surface area contributed by atoms with Crippen LogP contribution in [0, 0.1) is 0 Å². The molecule has 4 rings (SSSR count). The van der Waals surface area contributed by atoms with E-state index < -0.39 is 11.7 Å². The molecule has 1 amide bonds. The number of hydrogen-bond acceptors (Lipinski definition) is 3. The molecule has 152 valence electrons. The van der Waals surface area contributed by atoms with Gasteiger partial charge in [0.2, 0.25) is 0 Å². The molecule has 2 aromatic carbocycles. The summed E-state index contributed by atoms with van der Waals surface area (Å²) in [5.41, 5.74) is 0.618. The summed E-state index contributed by atoms with van der Waals surface area (Å²) >= 11 is 1.54. The minimum atomic E-state index is -4.46. The quantitative estimate of drug-likeness (QED) is 0.454. The van der Waals surface area contributed by atoms with Gasteiger partial charge in [0, 0.05) is 10.6 Å². The number of nitrogens with one attached hydrogen (secondary N) is 1. The van der Waals surface area contributed by atoms with E-state index in [-0.39, 0.29) is 11.5 Å². The Morgan fingerprint density at radius 1 is 1.07 bits per heavy atom. The topological polar surface area (TPSA) is 46.9 Å². The lowest BCUT2D eigenvalue weighted by molar-refractivity contribution is -0.137. The van der Waals surface area contributed by atoms with Crippen molar-refractivity contribution in [1.82, 2.24) is 14.9 Å². The van der Waals surface area contributed by atoms with Crippen LogP contribution in [0.5, 0.6) is 0 Å². The molecule has 0 aliphatic heterocycles. The van der Waals surface area contributed by atoms with Crippen molar-refractivity contribution in [2.24, 2.45) is 0 Å². The number of nitrogens with zero attached hydrogens (tertiary/aromatic N) is 2. The average Bonchev–Trinajstić information content (AvgIpc) is 3.43. The predicted molar refractivity (Wildman–Crippen MR) is 109 cm³/mol. The Bertz CT molecular complexity index is 1170. The largest absolute Gasteiger partial charge is 0.417 e. The van der Waals surface area contributed by atoms with E-state index >= 15 is 0 Å². The summed E-state index contributed by atoms with van der Waals surface area (Å²) in [6, 6.07) is 15.9. The van der Waals surface area contributed by atoms with E-state index in [4.69, 9.17) is 0 Å². The third-order valence-corrected chi connectivity index (χ3v) is 5.42. The third-order valence-electron chi connectivity index (χ3n) is 4.54. The van der Waals surface area contributed by atoms with E-state index in [1.165, 1.54) is 36.0 Å². The monoisotopic (exact) mass is 427 g/mol. The molecule has 0 aliphatic rings. The van der Waals surface area contributed by atoms with E-state index in [0.29, 0.717) is 23.5 Å². The van der Waals surface area contributed by atoms with Gasteiger partial charge in [-0.05, 0) is 40.8 Å². The highest BCUT2D eigenvalue weighted by atomic mass is 32.1. The number of hydrogen-bond donors (Lipinski definition) is 1. The summed E-state index contributed by atoms with van der Waals surface area (Å²) in [6.45, 7) is 0.390. The van der Waals surface area contributed by atoms with Crippen LogP contribution in [0.3, 0.4) is 0 Å². The SMILES string of the molecule is O=C(NCc1cccs1)c1cncn1-c1cccc(-c2ccccc2C(F)(F)F)c1. The molecule has 0 radical (unpaired) electrons. The zero-order chi connectivity index (χ0) is 21.1. The van der Waals surface area contributed by atoms with Gasteiger partial charge in [0.25, 0.3) is 5.91 Å². The lowest BCUT2D eigenvalue weighted by Gasteiger charge is -2.14. The van der Waals surface area contributed by atoms with Crippen LogP contribution in [0.15, 0.2) is 78.6 Å². The zero-order valence-corrected chi connectivity index (χ0v) is 16.4. The highest BCUT2D eigenvalue weighted by Gasteiger charge is 2.33. The first-order chi connectivity index (χ1) is 14.4. The Morgan fingerprint density at radius 2 is 1.90 bits per heavy atom. The molecule has 0 saturated heterocycles. The van der Waals surface area contributed by atoms with Crippen LogP contribution >= 0.6 is 11.3 Å². The molecule has 0 fully saturated rings. The fraction of sp³-hybridized carbons (Fsp3) is 0.0909. The number of benzene rings is 2. The third kappa shape index (κ3) is 4.13. The van der Waals surface area contributed by atoms with Gasteiger partial charge >= 0.3 is 6.18 Å². The molecule has 0 spiro atoms. The molecule has 8 heteroatoms. The summed E-state index contributed by atoms with van der Waals surface area (Å²) < 4.78 is 41.8. The Labute approximate surface area is 174 Å². The molecule has 2 aromatic heterocycles. The Morgan fingerprint density at radius 3 is 2.67 bits per heavy atom. The normalized spacial score (nSPS) is 11.4. The van der Waals surface area contributed by atoms with Crippen LogP contribution in [0.25, 0.3) is 16.8 Å². The number of rotatable bonds is 5. The van der Waals surface area contributed by atoms with Crippen LogP contribution < -0.4 is 5.32 Å². The van der Waals surface area contributed by atoms with Crippen molar-refractivity contribution in [3.8, 4) is 16.8 Å². The van der Waals surface area contributed by atoms with Crippen molar-refractivity contribution in [1.29, 1.82) is 0 Å². The van der Waals surface area contributed by atoms with E-state index in [1.54, 1.807) is 34.9 Å². The molecule has 0 bridgehead atoms. The maximum Gasteiger partial charge on any atom is 0.417 e. The Hall–Kier alpha value is -3.39. The van der Waals surface area contributed by atoms with Gasteiger partial charge in [0.15, 0.2) is 0 Å². The second-order valence-electron chi connectivity index (χ2n) is 6.50. The molecule has 0 aliphatic carbocycles. The van der Waals surface area contributed by atoms with Crippen molar-refractivity contribution < 1.29 is 18.0 Å². The van der Waals surface area contributed by atoms with Crippen molar-refractivity contribution in [2.75, 3.05) is 0 Å². The molecular weight excluding hydrogens is 411 g/mol. The lowest BCUT2D eigenvalue weighted by atomic mass is 9.99. The zero-order valence-electron chi connectivity index (χ0n) is 15.6. The van der Waals surface area contributed by atoms with Crippen molar-refractivity contribution in [2.45, 2.75) is 12.7 Å². The van der Waals surface area contributed by atoms with Crippen LogP contribution in [-0.4, -0.2) is 15.5 Å². The van der Waals surface area contributed by atoms with Gasteiger partial charge in [-0.25, -0.2) is 4.98 Å². The van der Waals surface area contributed by atoms with E-state index in [0.717, 1.165) is 10.9 Å². The average molecular weight is 427 g/mol. The maximum absolute atomic E-state index is 13.4. The van der Waals surface area contributed by atoms with Gasteiger partial charge in [-0.3, -0.25) is 9.36 Å². The van der Waals surface area contributed by atoms with Gasteiger partial charge in [-0.2, -0.15) is 13.2 Å². The summed E-state index contributed by atoms with van der Waals surface area (Å²) in [7, 11) is 0. The summed E-state index contributed by atoms with van der Waals surface area (Å²) in [6.07, 6.45) is -1.57. The molecule has 1 N–H and O–H groups in total. The second-order valence-corrected chi connectivity index (χ2v) is 7.54. The first-order valence-electron chi connectivity index (χ1n) is 9.03. The number of imidazole rings is 1. The summed E-state index contributed by atoms with van der Waals surface area (Å²) in [4.78, 5) is 17.7. The van der Waals surface area contributed by atoms with Gasteiger partial charge < -0.3 is 5.32 Å². The number of carbonyl (C=O) groups excluding carboxylic acids is 1. The van der Waals surface area contributed by atoms with Gasteiger partial charge in [-0.1, -0.05) is 36.4 Å². The smallest absolute Gasteiger partial charge is 0.346 e. The van der Waals surface area contributed by atoms with E-state index in [1.807, 2.05) is 17.5 Å². The lowest BCUT2D eigenvalue weighted by Crippen LogP contribution is -2.24. The molecule has 30 heavy (non-hydrogen) atoms. The van der Waals surface area contributed by atoms with Crippen LogP contribution in [0.1, 0.15) is 20.9 Å². The highest BCUT2D eigenvalue weighted by molar-refractivity contribution is 7.09. The Balaban J connectivity index is 1.65. The fourth-order valence-electron chi connectivity index (χ4n) is 3.15. The maximum atomic E-state index is 13.4. The summed E-state index contributed by atoms with van der Waals surface area (Å²) in [5.74, 6) is -0.318. The van der Waals surface area contributed by atoms with Crippen LogP contribution in [-0.2, 0) is 12.7 Å². The molecule has 0 saturated carbocycles. The van der Waals surface area contributed by atoms with Crippen molar-refractivity contribution >= 4 is 17.2 Å². The van der Waals surface area contributed by atoms with E-state index in [9.17, 15) is 18.0 Å². The first kappa shape index (κ1) is 19.9. The molecule has 2 heterocycles.